The maximum absolute atomic E-state index is 12.1. The second-order valence-corrected chi connectivity index (χ2v) is 7.83. The number of hydrogen-bond donors (Lipinski definition) is 1. The van der Waals surface area contributed by atoms with Crippen LogP contribution in [0.1, 0.15) is 12.0 Å². The number of aliphatic hydroxyl groups is 1. The number of hydrogen-bond acceptors (Lipinski definition) is 5. The summed E-state index contributed by atoms with van der Waals surface area (Å²) < 4.78 is 52.3. The second kappa shape index (κ2) is 8.03. The van der Waals surface area contributed by atoms with Crippen molar-refractivity contribution in [3.63, 3.8) is 0 Å². The largest absolute Gasteiger partial charge is 0.488 e. The standard InChI is InChI=1S/C15H21F2NO4S/c16-15(17)10-22-14-3-1-12(2-4-14)9-18(6-7-19)13-5-8-23(20,21)11-13/h1-4,13,15,19H,5-11H2/t13-/m1/s1. The third kappa shape index (κ3) is 5.71. The smallest absolute Gasteiger partial charge is 0.272 e. The molecule has 0 radical (unpaired) electrons. The van der Waals surface area contributed by atoms with Crippen LogP contribution in [0.15, 0.2) is 24.3 Å². The summed E-state index contributed by atoms with van der Waals surface area (Å²) in [4.78, 5) is 1.94. The summed E-state index contributed by atoms with van der Waals surface area (Å²) in [7, 11) is -2.99. The van der Waals surface area contributed by atoms with Crippen LogP contribution >= 0.6 is 0 Å². The molecule has 1 aromatic rings. The van der Waals surface area contributed by atoms with E-state index in [1.165, 1.54) is 0 Å². The predicted molar refractivity (Wildman–Crippen MR) is 82.5 cm³/mol. The number of alkyl halides is 2. The third-order valence-electron chi connectivity index (χ3n) is 3.80. The molecular formula is C15H21F2NO4S. The first kappa shape index (κ1) is 18.1. The van der Waals surface area contributed by atoms with Crippen LogP contribution < -0.4 is 4.74 Å². The van der Waals surface area contributed by atoms with Gasteiger partial charge in [0.2, 0.25) is 0 Å². The van der Waals surface area contributed by atoms with Crippen molar-refractivity contribution in [2.24, 2.45) is 0 Å². The molecule has 1 aromatic carbocycles. The van der Waals surface area contributed by atoms with Crippen molar-refractivity contribution in [2.45, 2.75) is 25.4 Å². The molecule has 1 N–H and O–H groups in total. The van der Waals surface area contributed by atoms with Crippen LogP contribution in [0.5, 0.6) is 5.75 Å². The van der Waals surface area contributed by atoms with Crippen molar-refractivity contribution in [1.82, 2.24) is 4.90 Å². The van der Waals surface area contributed by atoms with Gasteiger partial charge < -0.3 is 9.84 Å². The predicted octanol–water partition coefficient (Wildman–Crippen LogP) is 1.31. The molecule has 1 atom stereocenters. The molecule has 2 rings (SSSR count). The number of halogens is 2. The molecule has 1 fully saturated rings. The Hall–Kier alpha value is -1.25. The Bertz CT molecular complexity index is 592. The summed E-state index contributed by atoms with van der Waals surface area (Å²) in [5, 5.41) is 9.19. The van der Waals surface area contributed by atoms with E-state index < -0.39 is 22.9 Å². The van der Waals surface area contributed by atoms with E-state index >= 15 is 0 Å². The lowest BCUT2D eigenvalue weighted by molar-refractivity contribution is 0.0819. The maximum atomic E-state index is 12.1. The van der Waals surface area contributed by atoms with Crippen LogP contribution in [-0.4, -0.2) is 62.2 Å². The molecule has 0 saturated carbocycles. The van der Waals surface area contributed by atoms with E-state index in [9.17, 15) is 22.3 Å². The van der Waals surface area contributed by atoms with Gasteiger partial charge in [0.15, 0.2) is 9.84 Å². The molecule has 1 aliphatic heterocycles. The van der Waals surface area contributed by atoms with Gasteiger partial charge in [0.1, 0.15) is 12.4 Å². The molecule has 1 heterocycles. The fourth-order valence-corrected chi connectivity index (χ4v) is 4.43. The minimum absolute atomic E-state index is 0.0495. The number of aliphatic hydroxyl groups excluding tert-OH is 1. The van der Waals surface area contributed by atoms with E-state index in [0.717, 1.165) is 5.56 Å². The van der Waals surface area contributed by atoms with E-state index in [2.05, 4.69) is 0 Å². The van der Waals surface area contributed by atoms with Gasteiger partial charge in [-0.3, -0.25) is 4.90 Å². The van der Waals surface area contributed by atoms with Crippen molar-refractivity contribution in [3.8, 4) is 5.75 Å². The molecule has 23 heavy (non-hydrogen) atoms. The first-order valence-corrected chi connectivity index (χ1v) is 9.27. The number of rotatable bonds is 8. The van der Waals surface area contributed by atoms with Crippen LogP contribution in [-0.2, 0) is 16.4 Å². The minimum atomic E-state index is -2.99. The Morgan fingerprint density at radius 3 is 2.52 bits per heavy atom. The van der Waals surface area contributed by atoms with E-state index in [1.807, 2.05) is 4.90 Å². The van der Waals surface area contributed by atoms with Crippen molar-refractivity contribution in [3.05, 3.63) is 29.8 Å². The summed E-state index contributed by atoms with van der Waals surface area (Å²) in [5.41, 5.74) is 0.909. The molecule has 1 saturated heterocycles. The van der Waals surface area contributed by atoms with Gasteiger partial charge in [-0.1, -0.05) is 12.1 Å². The molecule has 0 unspecified atom stereocenters. The molecule has 0 bridgehead atoms. The lowest BCUT2D eigenvalue weighted by Crippen LogP contribution is -2.37. The van der Waals surface area contributed by atoms with Gasteiger partial charge in [-0.25, -0.2) is 17.2 Å². The summed E-state index contributed by atoms with van der Waals surface area (Å²) in [6.45, 7) is 0.196. The highest BCUT2D eigenvalue weighted by molar-refractivity contribution is 7.91. The Kier molecular flexibility index (Phi) is 6.32. The van der Waals surface area contributed by atoms with Gasteiger partial charge in [-0.15, -0.1) is 0 Å². The fraction of sp³-hybridized carbons (Fsp3) is 0.600. The summed E-state index contributed by atoms with van der Waals surface area (Å²) in [5.74, 6) is 0.661. The number of benzene rings is 1. The highest BCUT2D eigenvalue weighted by atomic mass is 32.2. The highest BCUT2D eigenvalue weighted by Gasteiger charge is 2.31. The maximum Gasteiger partial charge on any atom is 0.272 e. The molecular weight excluding hydrogens is 328 g/mol. The quantitative estimate of drug-likeness (QED) is 0.767. The van der Waals surface area contributed by atoms with Crippen LogP contribution in [0.4, 0.5) is 8.78 Å². The minimum Gasteiger partial charge on any atom is -0.488 e. The van der Waals surface area contributed by atoms with Crippen molar-refractivity contribution in [1.29, 1.82) is 0 Å². The number of nitrogens with zero attached hydrogens (tertiary/aromatic N) is 1. The van der Waals surface area contributed by atoms with Gasteiger partial charge in [0.05, 0.1) is 18.1 Å². The van der Waals surface area contributed by atoms with Crippen LogP contribution in [0.25, 0.3) is 0 Å². The summed E-state index contributed by atoms with van der Waals surface area (Å²) in [6, 6.07) is 6.64. The van der Waals surface area contributed by atoms with E-state index in [4.69, 9.17) is 4.74 Å². The average Bonchev–Trinajstić information content (AvgIpc) is 2.86. The highest BCUT2D eigenvalue weighted by Crippen LogP contribution is 2.21. The Balaban J connectivity index is 1.97. The van der Waals surface area contributed by atoms with Gasteiger partial charge in [0.25, 0.3) is 6.43 Å². The fourth-order valence-electron chi connectivity index (χ4n) is 2.67. The van der Waals surface area contributed by atoms with E-state index in [0.29, 0.717) is 25.3 Å². The van der Waals surface area contributed by atoms with Crippen molar-refractivity contribution in [2.75, 3.05) is 31.3 Å². The normalized spacial score (nSPS) is 20.3. The molecule has 130 valence electrons. The van der Waals surface area contributed by atoms with Gasteiger partial charge in [-0.2, -0.15) is 0 Å². The van der Waals surface area contributed by atoms with Gasteiger partial charge >= 0.3 is 0 Å². The Morgan fingerprint density at radius 2 is 2.00 bits per heavy atom. The molecule has 0 spiro atoms. The topological polar surface area (TPSA) is 66.8 Å². The van der Waals surface area contributed by atoms with Crippen LogP contribution in [0, 0.1) is 0 Å². The lowest BCUT2D eigenvalue weighted by atomic mass is 10.1. The van der Waals surface area contributed by atoms with Gasteiger partial charge in [0, 0.05) is 19.1 Å². The third-order valence-corrected chi connectivity index (χ3v) is 5.55. The first-order valence-electron chi connectivity index (χ1n) is 7.45. The molecule has 0 amide bonds. The molecule has 0 aromatic heterocycles. The average molecular weight is 349 g/mol. The molecule has 0 aliphatic carbocycles. The molecule has 1 aliphatic rings. The zero-order chi connectivity index (χ0) is 16.9. The summed E-state index contributed by atoms with van der Waals surface area (Å²) >= 11 is 0. The number of sulfone groups is 1. The lowest BCUT2D eigenvalue weighted by Gasteiger charge is -2.27. The Labute approximate surface area is 134 Å². The second-order valence-electron chi connectivity index (χ2n) is 5.60. The zero-order valence-electron chi connectivity index (χ0n) is 12.7. The molecule has 5 nitrogen and oxygen atoms in total. The van der Waals surface area contributed by atoms with Crippen molar-refractivity contribution >= 4 is 9.84 Å². The number of ether oxygens (including phenoxy) is 1. The van der Waals surface area contributed by atoms with E-state index in [-0.39, 0.29) is 24.2 Å². The van der Waals surface area contributed by atoms with Crippen LogP contribution in [0.3, 0.4) is 0 Å². The van der Waals surface area contributed by atoms with Crippen molar-refractivity contribution < 1.29 is 27.0 Å². The van der Waals surface area contributed by atoms with Gasteiger partial charge in [-0.05, 0) is 24.1 Å². The first-order chi connectivity index (χ1) is 10.9. The monoisotopic (exact) mass is 349 g/mol. The SMILES string of the molecule is O=S1(=O)CC[C@@H](N(CCO)Cc2ccc(OCC(F)F)cc2)C1. The molecule has 8 heteroatoms. The summed E-state index contributed by atoms with van der Waals surface area (Å²) in [6.07, 6.45) is -1.95. The van der Waals surface area contributed by atoms with Crippen LogP contribution in [0.2, 0.25) is 0 Å². The zero-order valence-corrected chi connectivity index (χ0v) is 13.5. The Morgan fingerprint density at radius 1 is 1.30 bits per heavy atom. The van der Waals surface area contributed by atoms with E-state index in [1.54, 1.807) is 24.3 Å².